The van der Waals surface area contributed by atoms with E-state index in [1.54, 1.807) is 17.7 Å². The van der Waals surface area contributed by atoms with Crippen LogP contribution in [0.15, 0.2) is 72.6 Å². The summed E-state index contributed by atoms with van der Waals surface area (Å²) in [5, 5.41) is 8.08. The van der Waals surface area contributed by atoms with E-state index in [0.717, 1.165) is 51.3 Å². The lowest BCUT2D eigenvalue weighted by atomic mass is 9.92. The molecule has 0 saturated carbocycles. The number of benzene rings is 1. The number of rotatable bonds is 5. The first-order valence-corrected chi connectivity index (χ1v) is 11.8. The second-order valence-electron chi connectivity index (χ2n) is 9.15. The Morgan fingerprint density at radius 3 is 2.48 bits per heavy atom. The maximum Gasteiger partial charge on any atom is 0.137 e. The van der Waals surface area contributed by atoms with E-state index in [-0.39, 0.29) is 5.41 Å². The second kappa shape index (κ2) is 8.41. The minimum atomic E-state index is -0.0238. The third-order valence-corrected chi connectivity index (χ3v) is 6.31. The molecule has 166 valence electrons. The molecule has 6 nitrogen and oxygen atoms in total. The van der Waals surface area contributed by atoms with Crippen molar-refractivity contribution in [2.45, 2.75) is 39.5 Å². The van der Waals surface area contributed by atoms with Crippen molar-refractivity contribution >= 4 is 11.3 Å². The number of hydrogen-bond acceptors (Lipinski definition) is 5. The molecule has 4 heterocycles. The normalized spacial score (nSPS) is 11.8. The Balaban J connectivity index is 1.41. The van der Waals surface area contributed by atoms with Gasteiger partial charge in [-0.15, -0.1) is 11.3 Å². The molecule has 4 aromatic heterocycles. The van der Waals surface area contributed by atoms with E-state index in [0.29, 0.717) is 0 Å². The SMILES string of the molecule is Cc1cn(-c2ccc(-c3csc(Cc4cc(C(C)(C)C)nn4-c4ccccc4)n3)cn2)cn1. The predicted octanol–water partition coefficient (Wildman–Crippen LogP) is 5.77. The van der Waals surface area contributed by atoms with E-state index in [4.69, 9.17) is 10.1 Å². The number of para-hydroxylation sites is 1. The molecular weight excluding hydrogens is 428 g/mol. The molecule has 0 aliphatic heterocycles. The highest BCUT2D eigenvalue weighted by Gasteiger charge is 2.21. The molecule has 1 aromatic carbocycles. The van der Waals surface area contributed by atoms with Crippen LogP contribution in [0.1, 0.15) is 42.9 Å². The van der Waals surface area contributed by atoms with Crippen molar-refractivity contribution in [3.05, 3.63) is 94.7 Å². The average molecular weight is 455 g/mol. The lowest BCUT2D eigenvalue weighted by Gasteiger charge is -2.14. The van der Waals surface area contributed by atoms with E-state index in [9.17, 15) is 0 Å². The molecule has 0 atom stereocenters. The summed E-state index contributed by atoms with van der Waals surface area (Å²) in [5.74, 6) is 0.844. The van der Waals surface area contributed by atoms with Crippen molar-refractivity contribution in [3.63, 3.8) is 0 Å². The molecule has 0 aliphatic carbocycles. The summed E-state index contributed by atoms with van der Waals surface area (Å²) in [6, 6.07) is 16.5. The smallest absolute Gasteiger partial charge is 0.137 e. The van der Waals surface area contributed by atoms with Gasteiger partial charge in [0.05, 0.1) is 33.5 Å². The van der Waals surface area contributed by atoms with E-state index in [1.807, 2.05) is 52.8 Å². The van der Waals surface area contributed by atoms with Crippen LogP contribution in [0.25, 0.3) is 22.8 Å². The van der Waals surface area contributed by atoms with E-state index < -0.39 is 0 Å². The second-order valence-corrected chi connectivity index (χ2v) is 10.1. The monoisotopic (exact) mass is 454 g/mol. The fourth-order valence-corrected chi connectivity index (χ4v) is 4.44. The van der Waals surface area contributed by atoms with Crippen LogP contribution in [0.3, 0.4) is 0 Å². The van der Waals surface area contributed by atoms with Gasteiger partial charge in [0.2, 0.25) is 0 Å². The Morgan fingerprint density at radius 1 is 1.00 bits per heavy atom. The van der Waals surface area contributed by atoms with Crippen LogP contribution in [0, 0.1) is 6.92 Å². The summed E-state index contributed by atoms with van der Waals surface area (Å²) in [4.78, 5) is 13.8. The number of hydrogen-bond donors (Lipinski definition) is 0. The first kappa shape index (κ1) is 21.3. The number of aromatic nitrogens is 6. The zero-order valence-electron chi connectivity index (χ0n) is 19.2. The van der Waals surface area contributed by atoms with Gasteiger partial charge in [0, 0.05) is 35.2 Å². The Bertz CT molecular complexity index is 1370. The summed E-state index contributed by atoms with van der Waals surface area (Å²) in [6.45, 7) is 8.54. The molecule has 0 amide bonds. The van der Waals surface area contributed by atoms with E-state index in [1.165, 1.54) is 0 Å². The Morgan fingerprint density at radius 2 is 1.82 bits per heavy atom. The van der Waals surface area contributed by atoms with E-state index in [2.05, 4.69) is 60.4 Å². The number of pyridine rings is 1. The van der Waals surface area contributed by atoms with Crippen molar-refractivity contribution in [1.82, 2.24) is 29.3 Å². The van der Waals surface area contributed by atoms with Gasteiger partial charge in [0.15, 0.2) is 0 Å². The maximum absolute atomic E-state index is 4.93. The maximum atomic E-state index is 4.93. The molecule has 33 heavy (non-hydrogen) atoms. The molecular formula is C26H26N6S. The summed E-state index contributed by atoms with van der Waals surface area (Å²) >= 11 is 1.67. The molecule has 0 saturated heterocycles. The molecule has 0 fully saturated rings. The molecule has 7 heteroatoms. The van der Waals surface area contributed by atoms with Gasteiger partial charge in [-0.3, -0.25) is 4.57 Å². The molecule has 0 bridgehead atoms. The standard InChI is InChI=1S/C26H26N6S/c1-18-15-31(17-28-18)24-11-10-19(14-27-24)22-16-33-25(29-22)13-21-12-23(26(2,3)4)30-32(21)20-8-6-5-7-9-20/h5-12,14-17H,13H2,1-4H3. The molecule has 0 unspecified atom stereocenters. The molecule has 0 radical (unpaired) electrons. The third-order valence-electron chi connectivity index (χ3n) is 5.46. The molecule has 0 N–H and O–H groups in total. The molecule has 0 spiro atoms. The van der Waals surface area contributed by atoms with Crippen LogP contribution in [-0.2, 0) is 11.8 Å². The first-order valence-electron chi connectivity index (χ1n) is 10.9. The lowest BCUT2D eigenvalue weighted by Crippen LogP contribution is -2.12. The highest BCUT2D eigenvalue weighted by atomic mass is 32.1. The van der Waals surface area contributed by atoms with Gasteiger partial charge in [-0.05, 0) is 37.3 Å². The minimum absolute atomic E-state index is 0.0238. The van der Waals surface area contributed by atoms with Gasteiger partial charge in [0.1, 0.15) is 12.1 Å². The number of imidazole rings is 1. The summed E-state index contributed by atoms with van der Waals surface area (Å²) in [7, 11) is 0. The number of thiazole rings is 1. The zero-order chi connectivity index (χ0) is 23.0. The van der Waals surface area contributed by atoms with Gasteiger partial charge in [-0.2, -0.15) is 5.10 Å². The third kappa shape index (κ3) is 4.50. The summed E-state index contributed by atoms with van der Waals surface area (Å²) in [5.41, 5.74) is 6.17. The fourth-order valence-electron chi connectivity index (χ4n) is 3.62. The summed E-state index contributed by atoms with van der Waals surface area (Å²) < 4.78 is 3.97. The largest absolute Gasteiger partial charge is 0.290 e. The van der Waals surface area contributed by atoms with Gasteiger partial charge in [-0.1, -0.05) is 39.0 Å². The van der Waals surface area contributed by atoms with Crippen LogP contribution in [-0.4, -0.2) is 29.3 Å². The van der Waals surface area contributed by atoms with Crippen molar-refractivity contribution in [1.29, 1.82) is 0 Å². The van der Waals surface area contributed by atoms with Crippen molar-refractivity contribution < 1.29 is 0 Å². The van der Waals surface area contributed by atoms with Crippen molar-refractivity contribution in [2.24, 2.45) is 0 Å². The van der Waals surface area contributed by atoms with Crippen LogP contribution in [0.2, 0.25) is 0 Å². The Labute approximate surface area is 197 Å². The Kier molecular flexibility index (Phi) is 5.42. The van der Waals surface area contributed by atoms with Gasteiger partial charge in [-0.25, -0.2) is 19.6 Å². The van der Waals surface area contributed by atoms with Crippen LogP contribution >= 0.6 is 11.3 Å². The van der Waals surface area contributed by atoms with Crippen molar-refractivity contribution in [2.75, 3.05) is 0 Å². The lowest BCUT2D eigenvalue weighted by molar-refractivity contribution is 0.560. The van der Waals surface area contributed by atoms with Crippen LogP contribution < -0.4 is 0 Å². The van der Waals surface area contributed by atoms with Crippen molar-refractivity contribution in [3.8, 4) is 22.8 Å². The van der Waals surface area contributed by atoms with Gasteiger partial charge >= 0.3 is 0 Å². The van der Waals surface area contributed by atoms with Crippen LogP contribution in [0.5, 0.6) is 0 Å². The van der Waals surface area contributed by atoms with Gasteiger partial charge in [0.25, 0.3) is 0 Å². The Hall–Kier alpha value is -3.58. The fraction of sp³-hybridized carbons (Fsp3) is 0.231. The first-order chi connectivity index (χ1) is 15.9. The molecule has 5 aromatic rings. The predicted molar refractivity (Wildman–Crippen MR) is 132 cm³/mol. The topological polar surface area (TPSA) is 61.4 Å². The summed E-state index contributed by atoms with van der Waals surface area (Å²) in [6.07, 6.45) is 6.34. The minimum Gasteiger partial charge on any atom is -0.290 e. The average Bonchev–Trinajstić information content (AvgIpc) is 3.55. The molecule has 5 rings (SSSR count). The highest BCUT2D eigenvalue weighted by Crippen LogP contribution is 2.27. The zero-order valence-corrected chi connectivity index (χ0v) is 20.0. The quantitative estimate of drug-likeness (QED) is 0.338. The van der Waals surface area contributed by atoms with Gasteiger partial charge < -0.3 is 0 Å². The highest BCUT2D eigenvalue weighted by molar-refractivity contribution is 7.10. The number of aryl methyl sites for hydroxylation is 1. The van der Waals surface area contributed by atoms with Crippen LogP contribution in [0.4, 0.5) is 0 Å². The van der Waals surface area contributed by atoms with E-state index >= 15 is 0 Å². The number of nitrogens with zero attached hydrogens (tertiary/aromatic N) is 6. The molecule has 0 aliphatic rings.